The van der Waals surface area contributed by atoms with Gasteiger partial charge in [-0.15, -0.1) is 5.10 Å². The monoisotopic (exact) mass is 179 g/mol. The number of rotatable bonds is 1. The lowest BCUT2D eigenvalue weighted by Crippen LogP contribution is -2.28. The zero-order chi connectivity index (χ0) is 9.05. The molecule has 2 aliphatic carbocycles. The van der Waals surface area contributed by atoms with Crippen LogP contribution < -0.4 is 0 Å². The first-order valence-electron chi connectivity index (χ1n) is 4.79. The highest BCUT2D eigenvalue weighted by Crippen LogP contribution is 2.61. The molecule has 0 aliphatic heterocycles. The van der Waals surface area contributed by atoms with Crippen LogP contribution in [0.4, 0.5) is 0 Å². The minimum atomic E-state index is -0.622. The van der Waals surface area contributed by atoms with Gasteiger partial charge in [-0.1, -0.05) is 5.21 Å². The van der Waals surface area contributed by atoms with Gasteiger partial charge in [0.2, 0.25) is 0 Å². The van der Waals surface area contributed by atoms with Crippen molar-refractivity contribution in [1.82, 2.24) is 15.0 Å². The maximum absolute atomic E-state index is 10.4. The van der Waals surface area contributed by atoms with Crippen molar-refractivity contribution in [1.29, 1.82) is 0 Å². The normalized spacial score (nSPS) is 42.0. The Balaban J connectivity index is 2.04. The number of fused-ring (bicyclic) bond motifs is 1. The molecule has 4 heteroatoms. The molecule has 2 aliphatic rings. The average molecular weight is 179 g/mol. The quantitative estimate of drug-likeness (QED) is 0.680. The van der Waals surface area contributed by atoms with E-state index in [4.69, 9.17) is 0 Å². The fraction of sp³-hybridized carbons (Fsp3) is 0.778. The Hall–Kier alpha value is -0.900. The Morgan fingerprint density at radius 1 is 1.69 bits per heavy atom. The first-order chi connectivity index (χ1) is 6.22. The third-order valence-electron chi connectivity index (χ3n) is 3.59. The first-order valence-corrected chi connectivity index (χ1v) is 4.79. The van der Waals surface area contributed by atoms with Crippen LogP contribution in [0.15, 0.2) is 6.20 Å². The van der Waals surface area contributed by atoms with Crippen LogP contribution in [0.1, 0.15) is 25.0 Å². The van der Waals surface area contributed by atoms with E-state index in [1.807, 2.05) is 7.05 Å². The molecule has 3 atom stereocenters. The van der Waals surface area contributed by atoms with Crippen molar-refractivity contribution in [3.8, 4) is 0 Å². The van der Waals surface area contributed by atoms with Gasteiger partial charge in [0.05, 0.1) is 11.9 Å². The van der Waals surface area contributed by atoms with Crippen LogP contribution >= 0.6 is 0 Å². The van der Waals surface area contributed by atoms with E-state index in [1.165, 1.54) is 6.42 Å². The van der Waals surface area contributed by atoms with Gasteiger partial charge in [0.25, 0.3) is 0 Å². The van der Waals surface area contributed by atoms with Gasteiger partial charge in [-0.3, -0.25) is 0 Å². The van der Waals surface area contributed by atoms with Crippen LogP contribution in [0.2, 0.25) is 0 Å². The van der Waals surface area contributed by atoms with Crippen LogP contribution in [0.3, 0.4) is 0 Å². The van der Waals surface area contributed by atoms with Gasteiger partial charge in [-0.25, -0.2) is 4.68 Å². The summed E-state index contributed by atoms with van der Waals surface area (Å²) in [6.07, 6.45) is 4.91. The molecule has 0 saturated heterocycles. The van der Waals surface area contributed by atoms with E-state index in [0.717, 1.165) is 24.5 Å². The highest BCUT2D eigenvalue weighted by atomic mass is 16.3. The fourth-order valence-electron chi connectivity index (χ4n) is 2.74. The minimum absolute atomic E-state index is 0.477. The summed E-state index contributed by atoms with van der Waals surface area (Å²) in [5.74, 6) is 1.24. The van der Waals surface area contributed by atoms with Gasteiger partial charge in [0.15, 0.2) is 0 Å². The average Bonchev–Trinajstić information content (AvgIpc) is 2.67. The Morgan fingerprint density at radius 2 is 2.54 bits per heavy atom. The minimum Gasteiger partial charge on any atom is -0.383 e. The lowest BCUT2D eigenvalue weighted by Gasteiger charge is -2.23. The molecule has 1 N–H and O–H groups in total. The maximum Gasteiger partial charge on any atom is 0.111 e. The molecule has 2 saturated carbocycles. The van der Waals surface area contributed by atoms with Crippen LogP contribution in [-0.4, -0.2) is 20.1 Å². The van der Waals surface area contributed by atoms with E-state index in [1.54, 1.807) is 10.9 Å². The molecule has 0 radical (unpaired) electrons. The van der Waals surface area contributed by atoms with E-state index in [-0.39, 0.29) is 0 Å². The van der Waals surface area contributed by atoms with Crippen molar-refractivity contribution in [2.24, 2.45) is 18.9 Å². The third kappa shape index (κ3) is 0.839. The number of nitrogens with zero attached hydrogens (tertiary/aromatic N) is 3. The van der Waals surface area contributed by atoms with E-state index in [9.17, 15) is 5.11 Å². The Bertz CT molecular complexity index is 348. The zero-order valence-electron chi connectivity index (χ0n) is 7.64. The molecule has 70 valence electrons. The SMILES string of the molecule is Cn1nncc1C1(O)CCC2CC21. The van der Waals surface area contributed by atoms with E-state index in [2.05, 4.69) is 10.3 Å². The highest BCUT2D eigenvalue weighted by Gasteiger charge is 2.59. The smallest absolute Gasteiger partial charge is 0.111 e. The van der Waals surface area contributed by atoms with E-state index >= 15 is 0 Å². The lowest BCUT2D eigenvalue weighted by atomic mass is 9.94. The summed E-state index contributed by atoms with van der Waals surface area (Å²) >= 11 is 0. The van der Waals surface area contributed by atoms with Gasteiger partial charge >= 0.3 is 0 Å². The molecule has 2 fully saturated rings. The molecule has 0 aromatic carbocycles. The van der Waals surface area contributed by atoms with Crippen molar-refractivity contribution in [2.75, 3.05) is 0 Å². The summed E-state index contributed by atoms with van der Waals surface area (Å²) < 4.78 is 1.70. The van der Waals surface area contributed by atoms with Crippen LogP contribution in [-0.2, 0) is 12.6 Å². The molecule has 3 unspecified atom stereocenters. The molecule has 13 heavy (non-hydrogen) atoms. The molecule has 0 amide bonds. The molecule has 3 rings (SSSR count). The van der Waals surface area contributed by atoms with E-state index < -0.39 is 5.60 Å². The molecule has 0 bridgehead atoms. The van der Waals surface area contributed by atoms with Crippen LogP contribution in [0, 0.1) is 11.8 Å². The molecule has 1 aromatic heterocycles. The molecule has 1 heterocycles. The van der Waals surface area contributed by atoms with Crippen molar-refractivity contribution in [3.05, 3.63) is 11.9 Å². The van der Waals surface area contributed by atoms with Gasteiger partial charge in [-0.05, 0) is 31.1 Å². The van der Waals surface area contributed by atoms with Gasteiger partial charge in [-0.2, -0.15) is 0 Å². The van der Waals surface area contributed by atoms with Gasteiger partial charge in [0, 0.05) is 7.05 Å². The lowest BCUT2D eigenvalue weighted by molar-refractivity contribution is 0.0127. The summed E-state index contributed by atoms with van der Waals surface area (Å²) in [7, 11) is 1.84. The first kappa shape index (κ1) is 7.50. The largest absolute Gasteiger partial charge is 0.383 e. The summed E-state index contributed by atoms with van der Waals surface area (Å²) in [6.45, 7) is 0. The Labute approximate surface area is 76.6 Å². The van der Waals surface area contributed by atoms with Crippen molar-refractivity contribution < 1.29 is 5.11 Å². The molecule has 4 nitrogen and oxygen atoms in total. The van der Waals surface area contributed by atoms with Crippen LogP contribution in [0.25, 0.3) is 0 Å². The number of aryl methyl sites for hydroxylation is 1. The Kier molecular flexibility index (Phi) is 1.22. The van der Waals surface area contributed by atoms with Crippen LogP contribution in [0.5, 0.6) is 0 Å². The number of aliphatic hydroxyl groups is 1. The molecular weight excluding hydrogens is 166 g/mol. The van der Waals surface area contributed by atoms with Crippen molar-refractivity contribution >= 4 is 0 Å². The molecule has 1 aromatic rings. The van der Waals surface area contributed by atoms with Gasteiger partial charge < -0.3 is 5.11 Å². The predicted molar refractivity (Wildman–Crippen MR) is 45.7 cm³/mol. The number of hydrogen-bond donors (Lipinski definition) is 1. The summed E-state index contributed by atoms with van der Waals surface area (Å²) in [4.78, 5) is 0. The zero-order valence-corrected chi connectivity index (χ0v) is 7.64. The van der Waals surface area contributed by atoms with Crippen molar-refractivity contribution in [3.63, 3.8) is 0 Å². The predicted octanol–water partition coefficient (Wildman–Crippen LogP) is 0.433. The fourth-order valence-corrected chi connectivity index (χ4v) is 2.74. The summed E-state index contributed by atoms with van der Waals surface area (Å²) in [6, 6.07) is 0. The third-order valence-corrected chi connectivity index (χ3v) is 3.59. The number of aromatic nitrogens is 3. The standard InChI is InChI=1S/C9H13N3O/c1-12-8(5-10-11-12)9(13)3-2-6-4-7(6)9/h5-7,13H,2-4H2,1H3. The molecule has 0 spiro atoms. The second kappa shape index (κ2) is 2.12. The molecular formula is C9H13N3O. The highest BCUT2D eigenvalue weighted by molar-refractivity contribution is 5.19. The second-order valence-electron chi connectivity index (χ2n) is 4.31. The Morgan fingerprint density at radius 3 is 3.00 bits per heavy atom. The van der Waals surface area contributed by atoms with Crippen molar-refractivity contribution in [2.45, 2.75) is 24.9 Å². The summed E-state index contributed by atoms with van der Waals surface area (Å²) in [5, 5.41) is 18.1. The van der Waals surface area contributed by atoms with Gasteiger partial charge in [0.1, 0.15) is 5.60 Å². The summed E-state index contributed by atoms with van der Waals surface area (Å²) in [5.41, 5.74) is 0.264. The topological polar surface area (TPSA) is 50.9 Å². The number of hydrogen-bond acceptors (Lipinski definition) is 3. The maximum atomic E-state index is 10.4. The second-order valence-corrected chi connectivity index (χ2v) is 4.31. The van der Waals surface area contributed by atoms with E-state index in [0.29, 0.717) is 5.92 Å².